The quantitative estimate of drug-likeness (QED) is 0.484. The number of imidazole rings is 1. The van der Waals surface area contributed by atoms with Crippen LogP contribution >= 0.6 is 0 Å². The van der Waals surface area contributed by atoms with E-state index in [4.69, 9.17) is 0 Å². The molecule has 4 rings (SSSR count). The van der Waals surface area contributed by atoms with E-state index < -0.39 is 7.12 Å². The molecule has 0 radical (unpaired) electrons. The van der Waals surface area contributed by atoms with E-state index in [0.717, 1.165) is 22.2 Å². The van der Waals surface area contributed by atoms with Gasteiger partial charge < -0.3 is 19.6 Å². The molecule has 128 valence electrons. The Labute approximate surface area is 149 Å². The molecule has 0 saturated carbocycles. The van der Waals surface area contributed by atoms with Crippen LogP contribution in [0.5, 0.6) is 0 Å². The zero-order chi connectivity index (χ0) is 18.1. The molecular formula is C19H16BN3O3. The van der Waals surface area contributed by atoms with E-state index in [0.29, 0.717) is 17.5 Å². The lowest BCUT2D eigenvalue weighted by Crippen LogP contribution is -2.31. The van der Waals surface area contributed by atoms with Crippen molar-refractivity contribution >= 4 is 23.6 Å². The molecule has 0 aliphatic rings. The molecule has 0 aliphatic heterocycles. The normalized spacial score (nSPS) is 11.0. The fourth-order valence-corrected chi connectivity index (χ4v) is 3.10. The van der Waals surface area contributed by atoms with Gasteiger partial charge in [-0.05, 0) is 28.2 Å². The van der Waals surface area contributed by atoms with E-state index in [9.17, 15) is 14.8 Å². The highest BCUT2D eigenvalue weighted by atomic mass is 16.4. The van der Waals surface area contributed by atoms with Gasteiger partial charge in [0, 0.05) is 12.7 Å². The van der Waals surface area contributed by atoms with Crippen LogP contribution < -0.4 is 11.0 Å². The van der Waals surface area contributed by atoms with Crippen molar-refractivity contribution in [1.82, 2.24) is 14.5 Å². The SMILES string of the molecule is O=c1[nH]ccc2c1ncn2Cc1ccc(-c2ccccc2B(O)O)cc1. The highest BCUT2D eigenvalue weighted by Gasteiger charge is 2.16. The molecule has 7 heteroatoms. The molecule has 0 saturated heterocycles. The maximum absolute atomic E-state index is 11.8. The molecule has 0 spiro atoms. The molecule has 0 aliphatic carbocycles. The summed E-state index contributed by atoms with van der Waals surface area (Å²) in [5, 5.41) is 19.1. The van der Waals surface area contributed by atoms with E-state index in [1.807, 2.05) is 47.0 Å². The van der Waals surface area contributed by atoms with Crippen LogP contribution in [-0.2, 0) is 6.54 Å². The summed E-state index contributed by atoms with van der Waals surface area (Å²) in [6, 6.07) is 16.9. The molecule has 2 aromatic heterocycles. The maximum atomic E-state index is 11.8. The van der Waals surface area contributed by atoms with Crippen LogP contribution in [0.3, 0.4) is 0 Å². The highest BCUT2D eigenvalue weighted by Crippen LogP contribution is 2.19. The van der Waals surface area contributed by atoms with Crippen molar-refractivity contribution in [2.75, 3.05) is 0 Å². The predicted molar refractivity (Wildman–Crippen MR) is 101 cm³/mol. The van der Waals surface area contributed by atoms with E-state index in [2.05, 4.69) is 9.97 Å². The van der Waals surface area contributed by atoms with Gasteiger partial charge in [0.15, 0.2) is 5.52 Å². The smallest absolute Gasteiger partial charge is 0.423 e. The summed E-state index contributed by atoms with van der Waals surface area (Å²) in [4.78, 5) is 18.6. The van der Waals surface area contributed by atoms with Gasteiger partial charge in [0.2, 0.25) is 0 Å². The van der Waals surface area contributed by atoms with E-state index in [1.54, 1.807) is 24.7 Å². The molecule has 4 aromatic rings. The van der Waals surface area contributed by atoms with Crippen molar-refractivity contribution in [2.24, 2.45) is 0 Å². The van der Waals surface area contributed by atoms with Crippen molar-refractivity contribution in [2.45, 2.75) is 6.54 Å². The monoisotopic (exact) mass is 345 g/mol. The van der Waals surface area contributed by atoms with Crippen molar-refractivity contribution in [3.63, 3.8) is 0 Å². The zero-order valence-electron chi connectivity index (χ0n) is 13.8. The molecule has 0 fully saturated rings. The Bertz CT molecular complexity index is 1120. The second-order valence-corrected chi connectivity index (χ2v) is 6.07. The number of rotatable bonds is 4. The number of aromatic nitrogens is 3. The third kappa shape index (κ3) is 2.94. The summed E-state index contributed by atoms with van der Waals surface area (Å²) < 4.78 is 1.92. The van der Waals surface area contributed by atoms with E-state index in [-0.39, 0.29) is 5.56 Å². The molecule has 3 N–H and O–H groups in total. The van der Waals surface area contributed by atoms with Crippen molar-refractivity contribution in [3.8, 4) is 11.1 Å². The van der Waals surface area contributed by atoms with Crippen molar-refractivity contribution in [1.29, 1.82) is 0 Å². The Morgan fingerprint density at radius 2 is 1.81 bits per heavy atom. The second kappa shape index (κ2) is 6.63. The first kappa shape index (κ1) is 16.3. The number of H-pyrrole nitrogens is 1. The first-order valence-corrected chi connectivity index (χ1v) is 8.20. The Morgan fingerprint density at radius 3 is 2.58 bits per heavy atom. The Kier molecular flexibility index (Phi) is 4.16. The van der Waals surface area contributed by atoms with Gasteiger partial charge in [-0.1, -0.05) is 48.5 Å². The fraction of sp³-hybridized carbons (Fsp3) is 0.0526. The summed E-state index contributed by atoms with van der Waals surface area (Å²) in [6.45, 7) is 0.588. The molecule has 0 amide bonds. The number of nitrogens with one attached hydrogen (secondary N) is 1. The number of benzene rings is 2. The lowest BCUT2D eigenvalue weighted by molar-refractivity contribution is 0.426. The fourth-order valence-electron chi connectivity index (χ4n) is 3.10. The van der Waals surface area contributed by atoms with E-state index in [1.165, 1.54) is 0 Å². The average Bonchev–Trinajstić information content (AvgIpc) is 3.07. The van der Waals surface area contributed by atoms with Crippen LogP contribution in [0.1, 0.15) is 5.56 Å². The minimum Gasteiger partial charge on any atom is -0.423 e. The molecule has 2 aromatic carbocycles. The third-order valence-electron chi connectivity index (χ3n) is 4.41. The van der Waals surface area contributed by atoms with Gasteiger partial charge in [-0.15, -0.1) is 0 Å². The van der Waals surface area contributed by atoms with Gasteiger partial charge in [-0.25, -0.2) is 4.98 Å². The molecule has 0 unspecified atom stereocenters. The lowest BCUT2D eigenvalue weighted by Gasteiger charge is -2.10. The van der Waals surface area contributed by atoms with Gasteiger partial charge in [-0.2, -0.15) is 0 Å². The number of aromatic amines is 1. The van der Waals surface area contributed by atoms with Gasteiger partial charge in [0.05, 0.1) is 11.8 Å². The summed E-state index contributed by atoms with van der Waals surface area (Å²) in [7, 11) is -1.51. The topological polar surface area (TPSA) is 91.1 Å². The lowest BCUT2D eigenvalue weighted by atomic mass is 9.75. The number of hydrogen-bond acceptors (Lipinski definition) is 4. The number of hydrogen-bond donors (Lipinski definition) is 3. The minimum atomic E-state index is -1.51. The Balaban J connectivity index is 1.64. The van der Waals surface area contributed by atoms with Gasteiger partial charge in [0.25, 0.3) is 5.56 Å². The molecule has 26 heavy (non-hydrogen) atoms. The Morgan fingerprint density at radius 1 is 1.04 bits per heavy atom. The summed E-state index contributed by atoms with van der Waals surface area (Å²) in [6.07, 6.45) is 3.27. The second-order valence-electron chi connectivity index (χ2n) is 6.07. The molecule has 6 nitrogen and oxygen atoms in total. The first-order valence-electron chi connectivity index (χ1n) is 8.20. The third-order valence-corrected chi connectivity index (χ3v) is 4.41. The molecule has 2 heterocycles. The van der Waals surface area contributed by atoms with Crippen LogP contribution in [0.25, 0.3) is 22.2 Å². The zero-order valence-corrected chi connectivity index (χ0v) is 13.8. The van der Waals surface area contributed by atoms with Gasteiger partial charge in [0.1, 0.15) is 0 Å². The standard InChI is InChI=1S/C19H16BN3O3/c24-19-18-17(9-10-21-19)23(12-22-18)11-13-5-7-14(8-6-13)15-3-1-2-4-16(15)20(25)26/h1-10,12,25-26H,11H2,(H,21,24). The first-order chi connectivity index (χ1) is 12.6. The summed E-state index contributed by atoms with van der Waals surface area (Å²) >= 11 is 0. The van der Waals surface area contributed by atoms with Crippen molar-refractivity contribution < 1.29 is 10.0 Å². The highest BCUT2D eigenvalue weighted by molar-refractivity contribution is 6.60. The van der Waals surface area contributed by atoms with Crippen LogP contribution in [0, 0.1) is 0 Å². The van der Waals surface area contributed by atoms with Crippen LogP contribution in [0.2, 0.25) is 0 Å². The number of fused-ring (bicyclic) bond motifs is 1. The van der Waals surface area contributed by atoms with Crippen LogP contribution in [0.4, 0.5) is 0 Å². The van der Waals surface area contributed by atoms with E-state index >= 15 is 0 Å². The summed E-state index contributed by atoms with van der Waals surface area (Å²) in [5.74, 6) is 0. The molecular weight excluding hydrogens is 329 g/mol. The maximum Gasteiger partial charge on any atom is 0.489 e. The molecule has 0 atom stereocenters. The van der Waals surface area contributed by atoms with Crippen molar-refractivity contribution in [3.05, 3.63) is 83.0 Å². The Hall–Kier alpha value is -3.16. The van der Waals surface area contributed by atoms with Gasteiger partial charge in [-0.3, -0.25) is 4.79 Å². The molecule has 0 bridgehead atoms. The minimum absolute atomic E-state index is 0.198. The predicted octanol–water partition coefficient (Wildman–Crippen LogP) is 1.12. The summed E-state index contributed by atoms with van der Waals surface area (Å²) in [5.41, 5.74) is 4.23. The van der Waals surface area contributed by atoms with Gasteiger partial charge >= 0.3 is 7.12 Å². The number of nitrogens with zero attached hydrogens (tertiary/aromatic N) is 2. The largest absolute Gasteiger partial charge is 0.489 e. The van der Waals surface area contributed by atoms with Crippen LogP contribution in [-0.4, -0.2) is 31.7 Å². The van der Waals surface area contributed by atoms with Crippen LogP contribution in [0.15, 0.2) is 71.9 Å². The number of pyridine rings is 1. The average molecular weight is 345 g/mol.